The van der Waals surface area contributed by atoms with Gasteiger partial charge < -0.3 is 15.2 Å². The fraction of sp³-hybridized carbons (Fsp3) is 0.294. The van der Waals surface area contributed by atoms with Crippen LogP contribution in [-0.4, -0.2) is 7.11 Å². The summed E-state index contributed by atoms with van der Waals surface area (Å²) in [4.78, 5) is 0. The second-order valence-corrected chi connectivity index (χ2v) is 5.70. The second kappa shape index (κ2) is 6.06. The molecule has 2 N–H and O–H groups in total. The summed E-state index contributed by atoms with van der Waals surface area (Å²) in [6.07, 6.45) is 0.675. The molecule has 0 amide bonds. The van der Waals surface area contributed by atoms with E-state index in [-0.39, 0.29) is 12.1 Å². The maximum absolute atomic E-state index is 6.30. The molecule has 2 aromatic rings. The molecule has 0 aromatic heterocycles. The van der Waals surface area contributed by atoms with Gasteiger partial charge in [-0.1, -0.05) is 35.9 Å². The number of ether oxygens (including phenoxy) is 2. The van der Waals surface area contributed by atoms with E-state index in [2.05, 4.69) is 12.1 Å². The summed E-state index contributed by atoms with van der Waals surface area (Å²) in [5.41, 5.74) is 9.54. The summed E-state index contributed by atoms with van der Waals surface area (Å²) in [6.45, 7) is 0.568. The Bertz CT molecular complexity index is 644. The lowest BCUT2D eigenvalue weighted by molar-refractivity contribution is 0.151. The van der Waals surface area contributed by atoms with E-state index in [0.29, 0.717) is 11.6 Å². The van der Waals surface area contributed by atoms with Crippen LogP contribution < -0.4 is 10.5 Å². The lowest BCUT2D eigenvalue weighted by Crippen LogP contribution is -2.24. The Morgan fingerprint density at radius 3 is 2.86 bits per heavy atom. The molecule has 3 rings (SSSR count). The molecule has 2 aromatic carbocycles. The van der Waals surface area contributed by atoms with Crippen molar-refractivity contribution in [3.05, 3.63) is 64.2 Å². The number of fused-ring (bicyclic) bond motifs is 1. The van der Waals surface area contributed by atoms with Crippen LogP contribution in [0.1, 0.15) is 35.3 Å². The summed E-state index contributed by atoms with van der Waals surface area (Å²) in [5.74, 6) is 0.815. The SMILES string of the molecule is COCc1ccccc1C1C[C@@H](N)c2cc(Cl)ccc2O1. The van der Waals surface area contributed by atoms with E-state index in [1.54, 1.807) is 7.11 Å². The number of benzene rings is 2. The molecule has 1 aliphatic rings. The highest BCUT2D eigenvalue weighted by Gasteiger charge is 2.28. The van der Waals surface area contributed by atoms with Crippen molar-refractivity contribution in [3.63, 3.8) is 0 Å². The van der Waals surface area contributed by atoms with Crippen LogP contribution in [0.15, 0.2) is 42.5 Å². The van der Waals surface area contributed by atoms with Crippen LogP contribution in [0.4, 0.5) is 0 Å². The Morgan fingerprint density at radius 2 is 2.05 bits per heavy atom. The molecule has 110 valence electrons. The minimum atomic E-state index is -0.0759. The lowest BCUT2D eigenvalue weighted by atomic mass is 9.91. The number of methoxy groups -OCH3 is 1. The van der Waals surface area contributed by atoms with E-state index in [1.807, 2.05) is 30.3 Å². The number of hydrogen-bond donors (Lipinski definition) is 1. The number of nitrogens with two attached hydrogens (primary N) is 1. The van der Waals surface area contributed by atoms with Gasteiger partial charge in [-0.3, -0.25) is 0 Å². The van der Waals surface area contributed by atoms with E-state index in [9.17, 15) is 0 Å². The van der Waals surface area contributed by atoms with Gasteiger partial charge in [0.1, 0.15) is 11.9 Å². The molecule has 21 heavy (non-hydrogen) atoms. The summed E-state index contributed by atoms with van der Waals surface area (Å²) >= 11 is 6.03. The van der Waals surface area contributed by atoms with Gasteiger partial charge in [0.15, 0.2) is 0 Å². The predicted octanol–water partition coefficient (Wildman–Crippen LogP) is 4.01. The molecule has 0 fully saturated rings. The van der Waals surface area contributed by atoms with E-state index in [4.69, 9.17) is 26.8 Å². The van der Waals surface area contributed by atoms with Crippen LogP contribution in [0.5, 0.6) is 5.75 Å². The van der Waals surface area contributed by atoms with Gasteiger partial charge >= 0.3 is 0 Å². The predicted molar refractivity (Wildman–Crippen MR) is 83.5 cm³/mol. The zero-order valence-corrected chi connectivity index (χ0v) is 12.6. The first-order valence-corrected chi connectivity index (χ1v) is 7.35. The average Bonchev–Trinajstić information content (AvgIpc) is 2.49. The quantitative estimate of drug-likeness (QED) is 0.931. The highest BCUT2D eigenvalue weighted by molar-refractivity contribution is 6.30. The van der Waals surface area contributed by atoms with Gasteiger partial charge in [0, 0.05) is 30.2 Å². The first-order valence-electron chi connectivity index (χ1n) is 6.97. The molecule has 2 atom stereocenters. The number of hydrogen-bond acceptors (Lipinski definition) is 3. The highest BCUT2D eigenvalue weighted by atomic mass is 35.5. The Hall–Kier alpha value is -1.55. The average molecular weight is 304 g/mol. The van der Waals surface area contributed by atoms with Crippen LogP contribution in [0, 0.1) is 0 Å². The van der Waals surface area contributed by atoms with Crippen molar-refractivity contribution in [2.24, 2.45) is 5.73 Å². The van der Waals surface area contributed by atoms with Crippen LogP contribution in [-0.2, 0) is 11.3 Å². The normalized spacial score (nSPS) is 20.7. The fourth-order valence-electron chi connectivity index (χ4n) is 2.80. The van der Waals surface area contributed by atoms with Gasteiger partial charge in [-0.2, -0.15) is 0 Å². The Balaban J connectivity index is 1.94. The minimum Gasteiger partial charge on any atom is -0.485 e. The van der Waals surface area contributed by atoms with Crippen molar-refractivity contribution in [1.82, 2.24) is 0 Å². The molecule has 3 nitrogen and oxygen atoms in total. The molecular formula is C17H18ClNO2. The van der Waals surface area contributed by atoms with Crippen molar-refractivity contribution in [2.45, 2.75) is 25.2 Å². The summed E-state index contributed by atoms with van der Waals surface area (Å²) in [6, 6.07) is 13.7. The van der Waals surface area contributed by atoms with Gasteiger partial charge in [0.25, 0.3) is 0 Å². The second-order valence-electron chi connectivity index (χ2n) is 5.26. The number of halogens is 1. The first kappa shape index (κ1) is 14.4. The molecule has 0 radical (unpaired) electrons. The topological polar surface area (TPSA) is 44.5 Å². The fourth-order valence-corrected chi connectivity index (χ4v) is 2.98. The van der Waals surface area contributed by atoms with Crippen molar-refractivity contribution in [3.8, 4) is 5.75 Å². The van der Waals surface area contributed by atoms with Crippen LogP contribution in [0.25, 0.3) is 0 Å². The lowest BCUT2D eigenvalue weighted by Gasteiger charge is -2.31. The molecule has 0 saturated heterocycles. The Morgan fingerprint density at radius 1 is 1.24 bits per heavy atom. The molecule has 4 heteroatoms. The van der Waals surface area contributed by atoms with E-state index >= 15 is 0 Å². The molecule has 1 heterocycles. The zero-order chi connectivity index (χ0) is 14.8. The number of rotatable bonds is 3. The van der Waals surface area contributed by atoms with Crippen LogP contribution >= 0.6 is 11.6 Å². The third kappa shape index (κ3) is 2.91. The van der Waals surface area contributed by atoms with E-state index < -0.39 is 0 Å². The Kier molecular flexibility index (Phi) is 4.15. The zero-order valence-electron chi connectivity index (χ0n) is 11.9. The van der Waals surface area contributed by atoms with Gasteiger partial charge in [0.05, 0.1) is 6.61 Å². The smallest absolute Gasteiger partial charge is 0.126 e. The van der Waals surface area contributed by atoms with Crippen LogP contribution in [0.3, 0.4) is 0 Å². The first-order chi connectivity index (χ1) is 10.2. The molecule has 1 unspecified atom stereocenters. The van der Waals surface area contributed by atoms with Crippen molar-refractivity contribution in [1.29, 1.82) is 0 Å². The summed E-state index contributed by atoms with van der Waals surface area (Å²) < 4.78 is 11.4. The van der Waals surface area contributed by atoms with Crippen molar-refractivity contribution in [2.75, 3.05) is 7.11 Å². The maximum atomic E-state index is 6.30. The minimum absolute atomic E-state index is 0.0555. The summed E-state index contributed by atoms with van der Waals surface area (Å²) in [5, 5.41) is 0.686. The maximum Gasteiger partial charge on any atom is 0.126 e. The van der Waals surface area contributed by atoms with Crippen molar-refractivity contribution >= 4 is 11.6 Å². The third-order valence-corrected chi connectivity index (χ3v) is 4.05. The van der Waals surface area contributed by atoms with Crippen LogP contribution in [0.2, 0.25) is 5.02 Å². The van der Waals surface area contributed by atoms with Gasteiger partial charge in [0.2, 0.25) is 0 Å². The van der Waals surface area contributed by atoms with Crippen molar-refractivity contribution < 1.29 is 9.47 Å². The highest BCUT2D eigenvalue weighted by Crippen LogP contribution is 2.41. The van der Waals surface area contributed by atoms with E-state index in [0.717, 1.165) is 28.9 Å². The third-order valence-electron chi connectivity index (χ3n) is 3.81. The molecular weight excluding hydrogens is 286 g/mol. The largest absolute Gasteiger partial charge is 0.485 e. The standard InChI is InChI=1S/C17H18ClNO2/c1-20-10-11-4-2-3-5-13(11)17-9-15(19)14-8-12(18)6-7-16(14)21-17/h2-8,15,17H,9-10,19H2,1H3/t15-,17?/m1/s1. The molecule has 0 saturated carbocycles. The molecule has 0 bridgehead atoms. The van der Waals surface area contributed by atoms with Gasteiger partial charge in [-0.25, -0.2) is 0 Å². The Labute approximate surface area is 129 Å². The monoisotopic (exact) mass is 303 g/mol. The molecule has 0 aliphatic carbocycles. The molecule has 0 spiro atoms. The summed E-state index contributed by atoms with van der Waals surface area (Å²) in [7, 11) is 1.70. The van der Waals surface area contributed by atoms with Gasteiger partial charge in [-0.05, 0) is 29.3 Å². The van der Waals surface area contributed by atoms with E-state index in [1.165, 1.54) is 0 Å². The molecule has 1 aliphatic heterocycles. The van der Waals surface area contributed by atoms with Gasteiger partial charge in [-0.15, -0.1) is 0 Å².